The van der Waals surface area contributed by atoms with Crippen LogP contribution in [0, 0.1) is 11.3 Å². The van der Waals surface area contributed by atoms with Crippen molar-refractivity contribution in [2.45, 2.75) is 19.4 Å². The van der Waals surface area contributed by atoms with Crippen LogP contribution in [0.5, 0.6) is 0 Å². The molecule has 1 aromatic heterocycles. The second kappa shape index (κ2) is 3.81. The molecule has 12 heavy (non-hydrogen) atoms. The number of hydrogen-bond acceptors (Lipinski definition) is 2. The first-order valence-electron chi connectivity index (χ1n) is 3.44. The van der Waals surface area contributed by atoms with E-state index in [9.17, 15) is 8.78 Å². The van der Waals surface area contributed by atoms with Gasteiger partial charge in [0, 0.05) is 13.0 Å². The molecule has 3 nitrogen and oxygen atoms in total. The Kier molecular flexibility index (Phi) is 2.75. The first kappa shape index (κ1) is 8.65. The fourth-order valence-electron chi connectivity index (χ4n) is 0.826. The Bertz CT molecular complexity index is 287. The van der Waals surface area contributed by atoms with Crippen molar-refractivity contribution in [1.29, 1.82) is 5.26 Å². The van der Waals surface area contributed by atoms with Crippen LogP contribution in [-0.4, -0.2) is 16.2 Å². The highest BCUT2D eigenvalue weighted by molar-refractivity contribution is 5.18. The van der Waals surface area contributed by atoms with E-state index in [2.05, 4.69) is 5.10 Å². The Morgan fingerprint density at radius 3 is 3.00 bits per heavy atom. The minimum absolute atomic E-state index is 0.0908. The quantitative estimate of drug-likeness (QED) is 0.689. The molecule has 0 aromatic carbocycles. The maximum atomic E-state index is 11.7. The van der Waals surface area contributed by atoms with Gasteiger partial charge >= 0.3 is 0 Å². The molecule has 5 heteroatoms. The third kappa shape index (κ3) is 2.02. The topological polar surface area (TPSA) is 41.6 Å². The number of halogens is 2. The third-order valence-electron chi connectivity index (χ3n) is 1.39. The second-order valence-electron chi connectivity index (χ2n) is 2.23. The summed E-state index contributed by atoms with van der Waals surface area (Å²) in [5, 5.41) is 12.2. The number of alkyl halides is 2. The monoisotopic (exact) mass is 171 g/mol. The van der Waals surface area contributed by atoms with Crippen LogP contribution in [0.15, 0.2) is 12.3 Å². The van der Waals surface area contributed by atoms with Crippen LogP contribution < -0.4 is 0 Å². The molecule has 0 N–H and O–H groups in total. The molecule has 1 heterocycles. The van der Waals surface area contributed by atoms with Crippen LogP contribution >= 0.6 is 0 Å². The number of nitriles is 1. The van der Waals surface area contributed by atoms with Crippen molar-refractivity contribution in [1.82, 2.24) is 9.78 Å². The summed E-state index contributed by atoms with van der Waals surface area (Å²) >= 11 is 0. The molecule has 0 atom stereocenters. The molecule has 0 aliphatic rings. The molecule has 1 rings (SSSR count). The minimum Gasteiger partial charge on any atom is -0.255 e. The van der Waals surface area contributed by atoms with Crippen LogP contribution in [0.3, 0.4) is 0 Å². The summed E-state index contributed by atoms with van der Waals surface area (Å²) < 4.78 is 24.7. The molecule has 0 amide bonds. The number of rotatable bonds is 3. The maximum absolute atomic E-state index is 11.7. The summed E-state index contributed by atoms with van der Waals surface area (Å²) in [7, 11) is 0. The minimum atomic E-state index is -2.35. The number of aryl methyl sites for hydroxylation is 1. The van der Waals surface area contributed by atoms with Gasteiger partial charge in [0.2, 0.25) is 6.43 Å². The van der Waals surface area contributed by atoms with Gasteiger partial charge in [0.1, 0.15) is 11.8 Å². The summed E-state index contributed by atoms with van der Waals surface area (Å²) in [6, 6.07) is 3.35. The Labute approximate surface area is 68.2 Å². The van der Waals surface area contributed by atoms with Crippen LogP contribution in [0.25, 0.3) is 0 Å². The molecule has 0 aliphatic heterocycles. The van der Waals surface area contributed by atoms with Crippen molar-refractivity contribution in [3.05, 3.63) is 18.0 Å². The van der Waals surface area contributed by atoms with Gasteiger partial charge < -0.3 is 0 Å². The Morgan fingerprint density at radius 1 is 1.67 bits per heavy atom. The van der Waals surface area contributed by atoms with Crippen molar-refractivity contribution in [2.75, 3.05) is 0 Å². The van der Waals surface area contributed by atoms with Crippen LogP contribution in [-0.2, 0) is 6.54 Å². The lowest BCUT2D eigenvalue weighted by atomic mass is 10.4. The van der Waals surface area contributed by atoms with E-state index in [-0.39, 0.29) is 13.0 Å². The zero-order valence-corrected chi connectivity index (χ0v) is 6.24. The number of aromatic nitrogens is 2. The van der Waals surface area contributed by atoms with Crippen LogP contribution in [0.1, 0.15) is 12.1 Å². The maximum Gasteiger partial charge on any atom is 0.240 e. The fourth-order valence-corrected chi connectivity index (χ4v) is 0.826. The van der Waals surface area contributed by atoms with E-state index in [1.54, 1.807) is 0 Å². The zero-order chi connectivity index (χ0) is 8.97. The number of hydrogen-bond donors (Lipinski definition) is 0. The molecule has 0 spiro atoms. The highest BCUT2D eigenvalue weighted by Gasteiger charge is 2.05. The van der Waals surface area contributed by atoms with E-state index in [0.717, 1.165) is 0 Å². The molecule has 0 saturated heterocycles. The molecular formula is C7H7F2N3. The Balaban J connectivity index is 2.58. The van der Waals surface area contributed by atoms with Crippen molar-refractivity contribution in [3.63, 3.8) is 0 Å². The van der Waals surface area contributed by atoms with Gasteiger partial charge in [-0.1, -0.05) is 0 Å². The third-order valence-corrected chi connectivity index (χ3v) is 1.39. The standard InChI is InChI=1S/C7H7F2N3/c8-7(9)2-4-12-6(5-10)1-3-11-12/h1,3,7H,2,4H2. The van der Waals surface area contributed by atoms with E-state index < -0.39 is 6.43 Å². The average molecular weight is 171 g/mol. The zero-order valence-electron chi connectivity index (χ0n) is 6.24. The first-order chi connectivity index (χ1) is 5.74. The Morgan fingerprint density at radius 2 is 2.42 bits per heavy atom. The van der Waals surface area contributed by atoms with Crippen molar-refractivity contribution < 1.29 is 8.78 Å². The smallest absolute Gasteiger partial charge is 0.240 e. The lowest BCUT2D eigenvalue weighted by molar-refractivity contribution is 0.130. The van der Waals surface area contributed by atoms with Crippen molar-refractivity contribution in [3.8, 4) is 6.07 Å². The predicted molar refractivity (Wildman–Crippen MR) is 37.6 cm³/mol. The highest BCUT2D eigenvalue weighted by Crippen LogP contribution is 2.03. The molecule has 1 aromatic rings. The fraction of sp³-hybridized carbons (Fsp3) is 0.429. The van der Waals surface area contributed by atoms with Crippen LogP contribution in [0.2, 0.25) is 0 Å². The SMILES string of the molecule is N#Cc1ccnn1CCC(F)F. The van der Waals surface area contributed by atoms with E-state index in [4.69, 9.17) is 5.26 Å². The van der Waals surface area contributed by atoms with Gasteiger partial charge in [-0.15, -0.1) is 0 Å². The van der Waals surface area contributed by atoms with Crippen LogP contribution in [0.4, 0.5) is 8.78 Å². The molecule has 0 aliphatic carbocycles. The first-order valence-corrected chi connectivity index (χ1v) is 3.44. The molecule has 0 radical (unpaired) electrons. The van der Waals surface area contributed by atoms with Gasteiger partial charge in [-0.2, -0.15) is 10.4 Å². The summed E-state index contributed by atoms with van der Waals surface area (Å²) in [6.07, 6.45) is -1.19. The van der Waals surface area contributed by atoms with Gasteiger partial charge in [-0.05, 0) is 6.07 Å². The molecule has 0 bridgehead atoms. The molecular weight excluding hydrogens is 164 g/mol. The van der Waals surface area contributed by atoms with Gasteiger partial charge in [0.05, 0.1) is 6.20 Å². The van der Waals surface area contributed by atoms with E-state index in [1.807, 2.05) is 6.07 Å². The summed E-state index contributed by atoms with van der Waals surface area (Å²) in [5.74, 6) is 0. The predicted octanol–water partition coefficient (Wildman–Crippen LogP) is 1.41. The van der Waals surface area contributed by atoms with Crippen molar-refractivity contribution in [2.24, 2.45) is 0 Å². The lowest BCUT2D eigenvalue weighted by Crippen LogP contribution is -2.06. The molecule has 0 unspecified atom stereocenters. The molecule has 64 valence electrons. The normalized spacial score (nSPS) is 10.2. The molecule has 0 saturated carbocycles. The van der Waals surface area contributed by atoms with Gasteiger partial charge in [0.25, 0.3) is 0 Å². The average Bonchev–Trinajstić information content (AvgIpc) is 2.47. The van der Waals surface area contributed by atoms with Gasteiger partial charge in [-0.3, -0.25) is 4.68 Å². The summed E-state index contributed by atoms with van der Waals surface area (Å²) in [4.78, 5) is 0. The van der Waals surface area contributed by atoms with Gasteiger partial charge in [-0.25, -0.2) is 8.78 Å². The molecule has 0 fully saturated rings. The second-order valence-corrected chi connectivity index (χ2v) is 2.23. The highest BCUT2D eigenvalue weighted by atomic mass is 19.3. The Hall–Kier alpha value is -1.44. The van der Waals surface area contributed by atoms with Crippen molar-refractivity contribution >= 4 is 0 Å². The van der Waals surface area contributed by atoms with Gasteiger partial charge in [0.15, 0.2) is 0 Å². The van der Waals surface area contributed by atoms with E-state index >= 15 is 0 Å². The van der Waals surface area contributed by atoms with E-state index in [0.29, 0.717) is 5.69 Å². The van der Waals surface area contributed by atoms with E-state index in [1.165, 1.54) is 16.9 Å². The number of nitrogens with zero attached hydrogens (tertiary/aromatic N) is 3. The summed E-state index contributed by atoms with van der Waals surface area (Å²) in [6.45, 7) is 0.0908. The largest absolute Gasteiger partial charge is 0.255 e. The summed E-state index contributed by atoms with van der Waals surface area (Å²) in [5.41, 5.74) is 0.315. The lowest BCUT2D eigenvalue weighted by Gasteiger charge is -2.00.